The van der Waals surface area contributed by atoms with E-state index in [1.807, 2.05) is 42.5 Å². The van der Waals surface area contributed by atoms with Gasteiger partial charge in [-0.3, -0.25) is 14.2 Å². The molecule has 1 heterocycles. The van der Waals surface area contributed by atoms with Crippen LogP contribution in [0.15, 0.2) is 71.8 Å². The van der Waals surface area contributed by atoms with Crippen LogP contribution in [-0.2, 0) is 11.3 Å². The number of fused-ring (bicyclic) bond motifs is 2. The smallest absolute Gasteiger partial charge is 0.261 e. The molecule has 1 N–H and O–H groups in total. The standard InChI is InChI=1S/C20H14ClN3O2/c21-15-6-8-18-17(10-15)20(26)24(12-22-18)11-19(25)23-16-7-5-13-3-1-2-4-14(13)9-16/h1-10,12H,11H2,(H,23,25). The molecule has 0 aliphatic carbocycles. The number of benzene rings is 3. The van der Waals surface area contributed by atoms with E-state index in [4.69, 9.17) is 11.6 Å². The van der Waals surface area contributed by atoms with E-state index in [0.29, 0.717) is 21.6 Å². The fourth-order valence-corrected chi connectivity index (χ4v) is 3.04. The Bertz CT molecular complexity index is 1200. The number of carbonyl (C=O) groups excluding carboxylic acids is 1. The summed E-state index contributed by atoms with van der Waals surface area (Å²) in [6, 6.07) is 18.5. The fraction of sp³-hybridized carbons (Fsp3) is 0.0500. The first-order valence-electron chi connectivity index (χ1n) is 8.03. The molecule has 26 heavy (non-hydrogen) atoms. The summed E-state index contributed by atoms with van der Waals surface area (Å²) in [5.74, 6) is -0.300. The third kappa shape index (κ3) is 3.17. The molecule has 0 aliphatic heterocycles. The van der Waals surface area contributed by atoms with Crippen LogP contribution in [-0.4, -0.2) is 15.5 Å². The van der Waals surface area contributed by atoms with Gasteiger partial charge in [-0.15, -0.1) is 0 Å². The Morgan fingerprint density at radius 3 is 2.69 bits per heavy atom. The summed E-state index contributed by atoms with van der Waals surface area (Å²) in [6.45, 7) is -0.124. The lowest BCUT2D eigenvalue weighted by atomic mass is 10.1. The Morgan fingerprint density at radius 2 is 1.85 bits per heavy atom. The summed E-state index contributed by atoms with van der Waals surface area (Å²) in [4.78, 5) is 29.1. The van der Waals surface area contributed by atoms with Crippen molar-refractivity contribution in [2.24, 2.45) is 0 Å². The number of rotatable bonds is 3. The number of anilines is 1. The summed E-state index contributed by atoms with van der Waals surface area (Å²) in [6.07, 6.45) is 1.37. The van der Waals surface area contributed by atoms with E-state index in [0.717, 1.165) is 10.8 Å². The highest BCUT2D eigenvalue weighted by Gasteiger charge is 2.09. The van der Waals surface area contributed by atoms with E-state index in [1.54, 1.807) is 18.2 Å². The minimum Gasteiger partial charge on any atom is -0.325 e. The molecule has 3 aromatic carbocycles. The van der Waals surface area contributed by atoms with E-state index in [1.165, 1.54) is 10.9 Å². The average molecular weight is 364 g/mol. The van der Waals surface area contributed by atoms with Crippen LogP contribution >= 0.6 is 11.6 Å². The van der Waals surface area contributed by atoms with Crippen LogP contribution in [0.4, 0.5) is 5.69 Å². The van der Waals surface area contributed by atoms with Gasteiger partial charge in [0.05, 0.1) is 17.2 Å². The summed E-state index contributed by atoms with van der Waals surface area (Å²) in [5, 5.41) is 5.78. The van der Waals surface area contributed by atoms with Crippen molar-refractivity contribution in [3.8, 4) is 0 Å². The number of hydrogen-bond acceptors (Lipinski definition) is 3. The lowest BCUT2D eigenvalue weighted by Crippen LogP contribution is -2.27. The van der Waals surface area contributed by atoms with E-state index in [-0.39, 0.29) is 18.0 Å². The van der Waals surface area contributed by atoms with Crippen molar-refractivity contribution in [2.45, 2.75) is 6.54 Å². The molecule has 0 bridgehead atoms. The van der Waals surface area contributed by atoms with Gasteiger partial charge in [-0.05, 0) is 41.1 Å². The van der Waals surface area contributed by atoms with Crippen LogP contribution in [0.2, 0.25) is 5.02 Å². The van der Waals surface area contributed by atoms with Gasteiger partial charge in [0.25, 0.3) is 5.56 Å². The summed E-state index contributed by atoms with van der Waals surface area (Å²) in [5.41, 5.74) is 0.926. The molecule has 0 atom stereocenters. The molecule has 5 nitrogen and oxygen atoms in total. The molecule has 0 saturated heterocycles. The first kappa shape index (κ1) is 16.3. The molecule has 4 aromatic rings. The van der Waals surface area contributed by atoms with Gasteiger partial charge in [0, 0.05) is 10.7 Å². The molecule has 0 radical (unpaired) electrons. The van der Waals surface area contributed by atoms with Crippen LogP contribution in [0.5, 0.6) is 0 Å². The molecule has 6 heteroatoms. The number of nitrogens with zero attached hydrogens (tertiary/aromatic N) is 2. The molecular weight excluding hydrogens is 350 g/mol. The number of hydrogen-bond donors (Lipinski definition) is 1. The monoisotopic (exact) mass is 363 g/mol. The third-order valence-corrected chi connectivity index (χ3v) is 4.37. The Labute approximate surface area is 153 Å². The molecule has 0 saturated carbocycles. The maximum Gasteiger partial charge on any atom is 0.261 e. The van der Waals surface area contributed by atoms with E-state index >= 15 is 0 Å². The first-order chi connectivity index (χ1) is 12.6. The van der Waals surface area contributed by atoms with Crippen LogP contribution in [0.1, 0.15) is 0 Å². The maximum absolute atomic E-state index is 12.5. The molecule has 1 amide bonds. The molecule has 0 fully saturated rings. The molecule has 1 aromatic heterocycles. The highest BCUT2D eigenvalue weighted by molar-refractivity contribution is 6.31. The predicted octanol–water partition coefficient (Wildman–Crippen LogP) is 3.84. The summed E-state index contributed by atoms with van der Waals surface area (Å²) < 4.78 is 1.27. The van der Waals surface area contributed by atoms with Crippen LogP contribution in [0.3, 0.4) is 0 Å². The van der Waals surface area contributed by atoms with Crippen LogP contribution in [0, 0.1) is 0 Å². The minimum absolute atomic E-state index is 0.124. The number of amides is 1. The van der Waals surface area contributed by atoms with Crippen LogP contribution in [0.25, 0.3) is 21.7 Å². The average Bonchev–Trinajstić information content (AvgIpc) is 2.64. The van der Waals surface area contributed by atoms with Crippen molar-refractivity contribution >= 4 is 44.9 Å². The quantitative estimate of drug-likeness (QED) is 0.601. The normalized spacial score (nSPS) is 11.0. The largest absolute Gasteiger partial charge is 0.325 e. The minimum atomic E-state index is -0.300. The number of nitrogens with one attached hydrogen (secondary N) is 1. The van der Waals surface area contributed by atoms with Gasteiger partial charge in [0.15, 0.2) is 0 Å². The molecule has 128 valence electrons. The molecule has 0 unspecified atom stereocenters. The Kier molecular flexibility index (Phi) is 4.14. The second-order valence-corrected chi connectivity index (χ2v) is 6.39. The van der Waals surface area contributed by atoms with Crippen molar-refractivity contribution < 1.29 is 4.79 Å². The third-order valence-electron chi connectivity index (χ3n) is 4.13. The summed E-state index contributed by atoms with van der Waals surface area (Å²) in [7, 11) is 0. The molecule has 4 rings (SSSR count). The van der Waals surface area contributed by atoms with E-state index < -0.39 is 0 Å². The number of halogens is 1. The van der Waals surface area contributed by atoms with Gasteiger partial charge in [0.1, 0.15) is 6.54 Å². The molecular formula is C20H14ClN3O2. The van der Waals surface area contributed by atoms with Crippen LogP contribution < -0.4 is 10.9 Å². The van der Waals surface area contributed by atoms with E-state index in [2.05, 4.69) is 10.3 Å². The zero-order chi connectivity index (χ0) is 18.1. The van der Waals surface area contributed by atoms with Crippen molar-refractivity contribution in [2.75, 3.05) is 5.32 Å². The number of aromatic nitrogens is 2. The topological polar surface area (TPSA) is 64.0 Å². The number of carbonyl (C=O) groups is 1. The van der Waals surface area contributed by atoms with Gasteiger partial charge in [-0.25, -0.2) is 4.98 Å². The van der Waals surface area contributed by atoms with E-state index in [9.17, 15) is 9.59 Å². The van der Waals surface area contributed by atoms with Crippen molar-refractivity contribution in [1.29, 1.82) is 0 Å². The second kappa shape index (κ2) is 6.61. The van der Waals surface area contributed by atoms with Gasteiger partial charge >= 0.3 is 0 Å². The van der Waals surface area contributed by atoms with Crippen molar-refractivity contribution in [1.82, 2.24) is 9.55 Å². The molecule has 0 spiro atoms. The zero-order valence-electron chi connectivity index (χ0n) is 13.6. The Balaban J connectivity index is 1.58. The Morgan fingerprint density at radius 1 is 1.04 bits per heavy atom. The summed E-state index contributed by atoms with van der Waals surface area (Å²) >= 11 is 5.95. The fourth-order valence-electron chi connectivity index (χ4n) is 2.87. The van der Waals surface area contributed by atoms with Gasteiger partial charge < -0.3 is 5.32 Å². The maximum atomic E-state index is 12.5. The lowest BCUT2D eigenvalue weighted by molar-refractivity contribution is -0.116. The zero-order valence-corrected chi connectivity index (χ0v) is 14.4. The second-order valence-electron chi connectivity index (χ2n) is 5.95. The van der Waals surface area contributed by atoms with Gasteiger partial charge in [-0.2, -0.15) is 0 Å². The lowest BCUT2D eigenvalue weighted by Gasteiger charge is -2.09. The highest BCUT2D eigenvalue weighted by Crippen LogP contribution is 2.19. The van der Waals surface area contributed by atoms with Gasteiger partial charge in [-0.1, -0.05) is 41.9 Å². The van der Waals surface area contributed by atoms with Crippen molar-refractivity contribution in [3.05, 3.63) is 82.4 Å². The predicted molar refractivity (Wildman–Crippen MR) is 104 cm³/mol. The Hall–Kier alpha value is -3.18. The first-order valence-corrected chi connectivity index (χ1v) is 8.41. The van der Waals surface area contributed by atoms with Gasteiger partial charge in [0.2, 0.25) is 5.91 Å². The SMILES string of the molecule is O=C(Cn1cnc2ccc(Cl)cc2c1=O)Nc1ccc2ccccc2c1. The molecule has 0 aliphatic rings. The highest BCUT2D eigenvalue weighted by atomic mass is 35.5. The van der Waals surface area contributed by atoms with Crippen molar-refractivity contribution in [3.63, 3.8) is 0 Å².